The van der Waals surface area contributed by atoms with Gasteiger partial charge in [-0.25, -0.2) is 0 Å². The fraction of sp³-hybridized carbons (Fsp3) is 0.500. The summed E-state index contributed by atoms with van der Waals surface area (Å²) >= 11 is 5.96. The molecule has 0 saturated heterocycles. The SMILES string of the molecule is CCCC(=O)NCC1CC1c1cccc(Cl)c1. The van der Waals surface area contributed by atoms with Gasteiger partial charge in [-0.1, -0.05) is 30.7 Å². The highest BCUT2D eigenvalue weighted by atomic mass is 35.5. The van der Waals surface area contributed by atoms with Gasteiger partial charge in [-0.05, 0) is 42.4 Å². The maximum Gasteiger partial charge on any atom is 0.219 e. The maximum absolute atomic E-state index is 11.3. The predicted octanol–water partition coefficient (Wildman–Crippen LogP) is 3.36. The average Bonchev–Trinajstić information content (AvgIpc) is 3.06. The Hall–Kier alpha value is -1.02. The molecule has 17 heavy (non-hydrogen) atoms. The average molecular weight is 252 g/mol. The van der Waals surface area contributed by atoms with Crippen molar-refractivity contribution in [3.63, 3.8) is 0 Å². The third-order valence-electron chi connectivity index (χ3n) is 3.24. The van der Waals surface area contributed by atoms with Crippen LogP contribution in [0, 0.1) is 5.92 Å². The van der Waals surface area contributed by atoms with Gasteiger partial charge < -0.3 is 5.32 Å². The normalized spacial score (nSPS) is 22.2. The lowest BCUT2D eigenvalue weighted by Gasteiger charge is -2.04. The minimum absolute atomic E-state index is 0.171. The summed E-state index contributed by atoms with van der Waals surface area (Å²) in [5.41, 5.74) is 1.30. The molecule has 92 valence electrons. The van der Waals surface area contributed by atoms with Crippen molar-refractivity contribution in [1.82, 2.24) is 5.32 Å². The lowest BCUT2D eigenvalue weighted by atomic mass is 10.1. The molecule has 0 spiro atoms. The van der Waals surface area contributed by atoms with E-state index in [4.69, 9.17) is 11.6 Å². The maximum atomic E-state index is 11.3. The van der Waals surface area contributed by atoms with Gasteiger partial charge in [0.1, 0.15) is 0 Å². The first-order valence-electron chi connectivity index (χ1n) is 6.23. The number of hydrogen-bond donors (Lipinski definition) is 1. The highest BCUT2D eigenvalue weighted by Gasteiger charge is 2.38. The van der Waals surface area contributed by atoms with Crippen LogP contribution in [0.3, 0.4) is 0 Å². The summed E-state index contributed by atoms with van der Waals surface area (Å²) < 4.78 is 0. The van der Waals surface area contributed by atoms with Crippen LogP contribution in [0.15, 0.2) is 24.3 Å². The van der Waals surface area contributed by atoms with Crippen LogP contribution in [0.1, 0.15) is 37.7 Å². The van der Waals surface area contributed by atoms with Crippen LogP contribution in [0.25, 0.3) is 0 Å². The molecule has 2 rings (SSSR count). The van der Waals surface area contributed by atoms with Crippen molar-refractivity contribution in [2.75, 3.05) is 6.54 Å². The summed E-state index contributed by atoms with van der Waals surface area (Å²) in [4.78, 5) is 11.3. The Labute approximate surface area is 107 Å². The fourth-order valence-corrected chi connectivity index (χ4v) is 2.38. The smallest absolute Gasteiger partial charge is 0.219 e. The molecule has 1 amide bonds. The van der Waals surface area contributed by atoms with Crippen molar-refractivity contribution in [3.05, 3.63) is 34.9 Å². The number of hydrogen-bond acceptors (Lipinski definition) is 1. The first-order valence-corrected chi connectivity index (χ1v) is 6.60. The second kappa shape index (κ2) is 5.54. The molecule has 2 unspecified atom stereocenters. The Morgan fingerprint density at radius 1 is 1.53 bits per heavy atom. The molecular weight excluding hydrogens is 234 g/mol. The Morgan fingerprint density at radius 3 is 3.06 bits per heavy atom. The summed E-state index contributed by atoms with van der Waals surface area (Å²) in [6, 6.07) is 8.03. The zero-order chi connectivity index (χ0) is 12.3. The number of rotatable bonds is 5. The molecule has 1 aromatic rings. The van der Waals surface area contributed by atoms with Crippen LogP contribution < -0.4 is 5.32 Å². The van der Waals surface area contributed by atoms with E-state index in [1.807, 2.05) is 25.1 Å². The number of nitrogens with one attached hydrogen (secondary N) is 1. The molecule has 1 saturated carbocycles. The van der Waals surface area contributed by atoms with Gasteiger partial charge in [-0.15, -0.1) is 0 Å². The summed E-state index contributed by atoms with van der Waals surface area (Å²) in [5, 5.41) is 3.78. The first-order chi connectivity index (χ1) is 8.20. The Kier molecular flexibility index (Phi) is 4.06. The minimum Gasteiger partial charge on any atom is -0.356 e. The van der Waals surface area contributed by atoms with Crippen LogP contribution in [0.4, 0.5) is 0 Å². The second-order valence-electron chi connectivity index (χ2n) is 4.71. The Bertz CT molecular complexity index is 405. The van der Waals surface area contributed by atoms with E-state index in [0.717, 1.165) is 24.4 Å². The number of carbonyl (C=O) groups excluding carboxylic acids is 1. The molecule has 0 aromatic heterocycles. The molecule has 0 radical (unpaired) electrons. The van der Waals surface area contributed by atoms with Gasteiger partial charge in [0.15, 0.2) is 0 Å². The second-order valence-corrected chi connectivity index (χ2v) is 5.15. The van der Waals surface area contributed by atoms with Gasteiger partial charge in [0.2, 0.25) is 5.91 Å². The van der Waals surface area contributed by atoms with Crippen LogP contribution in [0.5, 0.6) is 0 Å². The minimum atomic E-state index is 0.171. The van der Waals surface area contributed by atoms with Crippen molar-refractivity contribution in [3.8, 4) is 0 Å². The van der Waals surface area contributed by atoms with Crippen LogP contribution in [-0.2, 0) is 4.79 Å². The molecule has 1 N–H and O–H groups in total. The number of amides is 1. The van der Waals surface area contributed by atoms with Gasteiger partial charge in [0.05, 0.1) is 0 Å². The molecule has 0 heterocycles. The lowest BCUT2D eigenvalue weighted by Crippen LogP contribution is -2.25. The number of halogens is 1. The molecule has 1 aliphatic carbocycles. The molecule has 1 aliphatic rings. The molecule has 3 heteroatoms. The van der Waals surface area contributed by atoms with Crippen molar-refractivity contribution >= 4 is 17.5 Å². The quantitative estimate of drug-likeness (QED) is 0.854. The summed E-state index contributed by atoms with van der Waals surface area (Å²) in [6.07, 6.45) is 2.70. The van der Waals surface area contributed by atoms with E-state index in [9.17, 15) is 4.79 Å². The molecule has 2 nitrogen and oxygen atoms in total. The summed E-state index contributed by atoms with van der Waals surface area (Å²) in [7, 11) is 0. The largest absolute Gasteiger partial charge is 0.356 e. The first kappa shape index (κ1) is 12.4. The Balaban J connectivity index is 1.79. The molecule has 0 aliphatic heterocycles. The van der Waals surface area contributed by atoms with Gasteiger partial charge >= 0.3 is 0 Å². The molecule has 0 bridgehead atoms. The van der Waals surface area contributed by atoms with E-state index in [2.05, 4.69) is 11.4 Å². The van der Waals surface area contributed by atoms with Crippen molar-refractivity contribution < 1.29 is 4.79 Å². The highest BCUT2D eigenvalue weighted by molar-refractivity contribution is 6.30. The molecular formula is C14H18ClNO. The van der Waals surface area contributed by atoms with Gasteiger partial charge in [-0.2, -0.15) is 0 Å². The zero-order valence-corrected chi connectivity index (χ0v) is 10.8. The van der Waals surface area contributed by atoms with E-state index in [1.54, 1.807) is 0 Å². The van der Waals surface area contributed by atoms with E-state index >= 15 is 0 Å². The fourth-order valence-electron chi connectivity index (χ4n) is 2.18. The number of carbonyl (C=O) groups is 1. The van der Waals surface area contributed by atoms with E-state index < -0.39 is 0 Å². The number of benzene rings is 1. The standard InChI is InChI=1S/C14H18ClNO/c1-2-4-14(17)16-9-11-8-13(11)10-5-3-6-12(15)7-10/h3,5-7,11,13H,2,4,8-9H2,1H3,(H,16,17). The van der Waals surface area contributed by atoms with Crippen LogP contribution in [0.2, 0.25) is 5.02 Å². The highest BCUT2D eigenvalue weighted by Crippen LogP contribution is 2.47. The topological polar surface area (TPSA) is 29.1 Å². The third-order valence-corrected chi connectivity index (χ3v) is 3.47. The molecule has 2 atom stereocenters. The lowest BCUT2D eigenvalue weighted by molar-refractivity contribution is -0.121. The van der Waals surface area contributed by atoms with E-state index in [0.29, 0.717) is 18.3 Å². The zero-order valence-electron chi connectivity index (χ0n) is 10.1. The van der Waals surface area contributed by atoms with Gasteiger partial charge in [-0.3, -0.25) is 4.79 Å². The van der Waals surface area contributed by atoms with Crippen molar-refractivity contribution in [2.45, 2.75) is 32.1 Å². The van der Waals surface area contributed by atoms with E-state index in [-0.39, 0.29) is 5.91 Å². The summed E-state index contributed by atoms with van der Waals surface area (Å²) in [6.45, 7) is 2.82. The van der Waals surface area contributed by atoms with Gasteiger partial charge in [0.25, 0.3) is 0 Å². The summed E-state index contributed by atoms with van der Waals surface area (Å²) in [5.74, 6) is 1.34. The third kappa shape index (κ3) is 3.47. The van der Waals surface area contributed by atoms with Crippen molar-refractivity contribution in [2.24, 2.45) is 5.92 Å². The van der Waals surface area contributed by atoms with Crippen LogP contribution >= 0.6 is 11.6 Å². The van der Waals surface area contributed by atoms with E-state index in [1.165, 1.54) is 5.56 Å². The van der Waals surface area contributed by atoms with Gasteiger partial charge in [0, 0.05) is 18.0 Å². The van der Waals surface area contributed by atoms with Crippen LogP contribution in [-0.4, -0.2) is 12.5 Å². The Morgan fingerprint density at radius 2 is 2.35 bits per heavy atom. The predicted molar refractivity (Wildman–Crippen MR) is 70.2 cm³/mol. The molecule has 1 fully saturated rings. The van der Waals surface area contributed by atoms with Crippen molar-refractivity contribution in [1.29, 1.82) is 0 Å². The molecule has 1 aromatic carbocycles. The monoisotopic (exact) mass is 251 g/mol.